The van der Waals surface area contributed by atoms with Crippen molar-refractivity contribution in [1.82, 2.24) is 0 Å². The van der Waals surface area contributed by atoms with Gasteiger partial charge < -0.3 is 39.4 Å². The van der Waals surface area contributed by atoms with Crippen molar-refractivity contribution < 1.29 is 48.7 Å². The smallest absolute Gasteiger partial charge is 0.236 e. The summed E-state index contributed by atoms with van der Waals surface area (Å²) in [6, 6.07) is 2.76. The van der Waals surface area contributed by atoms with Crippen molar-refractivity contribution >= 4 is 5.78 Å². The van der Waals surface area contributed by atoms with Gasteiger partial charge in [-0.3, -0.25) is 9.59 Å². The molecule has 11 nitrogen and oxygen atoms in total. The molecule has 0 amide bonds. The first-order valence-electron chi connectivity index (χ1n) is 12.6. The van der Waals surface area contributed by atoms with Crippen molar-refractivity contribution in [2.45, 2.75) is 82.8 Å². The maximum Gasteiger partial charge on any atom is 0.236 e. The Hall–Kier alpha value is -2.93. The topological polar surface area (TPSA) is 156 Å². The molecule has 11 heteroatoms. The molecule has 1 aromatic heterocycles. The van der Waals surface area contributed by atoms with Crippen LogP contribution in [0.5, 0.6) is 11.5 Å². The van der Waals surface area contributed by atoms with Crippen LogP contribution in [0.15, 0.2) is 16.9 Å². The zero-order valence-electron chi connectivity index (χ0n) is 21.6. The number of aliphatic hydroxyl groups excluding tert-OH is 1. The molecule has 6 rings (SSSR count). The van der Waals surface area contributed by atoms with Crippen molar-refractivity contribution in [3.63, 3.8) is 0 Å². The molecule has 0 unspecified atom stereocenters. The SMILES string of the molecule is CC[C@H]1O[C@@](C)(O)C[n+]2c(C)cc3c(c21)C(=O)c1cc(=O)c2c(c(O)c1-3)O[C@@H]1O[C@H](C)[C@@H](OC)[C@@H](O)[C@]21O. The Morgan fingerprint density at radius 1 is 1.18 bits per heavy atom. The number of carbonyl (C=O) groups is 1. The number of fused-ring (bicyclic) bond motifs is 8. The molecule has 2 aromatic rings. The van der Waals surface area contributed by atoms with E-state index in [2.05, 4.69) is 0 Å². The lowest BCUT2D eigenvalue weighted by atomic mass is 9.82. The molecule has 38 heavy (non-hydrogen) atoms. The molecule has 1 aromatic carbocycles. The standard InChI is InChI=1S/C27H29NO10/c1-6-15-19-17-12(7-10(2)28(19)9-26(4,33)38-15)16-13(20(17)30)8-14(29)18-23(21(16)31)37-25-27(18,34)24(32)22(35-5)11(3)36-25/h7-8,11,15,22,24-25,32-34H,6,9H2,1-5H3/p+1/t11-,15-,22-,24-,25+,26-,27-/m1/s1. The van der Waals surface area contributed by atoms with E-state index in [-0.39, 0.29) is 29.0 Å². The number of pyridine rings is 1. The Morgan fingerprint density at radius 3 is 2.55 bits per heavy atom. The van der Waals surface area contributed by atoms with E-state index in [1.54, 1.807) is 19.9 Å². The number of ether oxygens (including phenoxy) is 4. The number of rotatable bonds is 2. The number of aromatic hydroxyl groups is 1. The molecular formula is C27H30NO10+. The highest BCUT2D eigenvalue weighted by Gasteiger charge is 2.63. The molecular weight excluding hydrogens is 498 g/mol. The molecule has 4 heterocycles. The van der Waals surface area contributed by atoms with Gasteiger partial charge in [-0.1, -0.05) is 6.92 Å². The summed E-state index contributed by atoms with van der Waals surface area (Å²) in [6.07, 6.45) is -4.93. The molecule has 0 radical (unpaired) electrons. The summed E-state index contributed by atoms with van der Waals surface area (Å²) in [5, 5.41) is 44.8. The van der Waals surface area contributed by atoms with E-state index < -0.39 is 64.6 Å². The van der Waals surface area contributed by atoms with Gasteiger partial charge in [0.25, 0.3) is 0 Å². The highest BCUT2D eigenvalue weighted by atomic mass is 16.7. The number of aromatic nitrogens is 1. The minimum absolute atomic E-state index is 0.0656. The zero-order valence-corrected chi connectivity index (χ0v) is 21.6. The number of ketones is 1. The van der Waals surface area contributed by atoms with Crippen LogP contribution in [0.1, 0.15) is 66.2 Å². The molecule has 1 aliphatic carbocycles. The van der Waals surface area contributed by atoms with Gasteiger partial charge in [-0.2, -0.15) is 4.57 Å². The third kappa shape index (κ3) is 3.08. The van der Waals surface area contributed by atoms with E-state index in [0.717, 1.165) is 6.07 Å². The largest absolute Gasteiger partial charge is 0.504 e. The predicted octanol–water partition coefficient (Wildman–Crippen LogP) is 0.450. The predicted molar refractivity (Wildman–Crippen MR) is 129 cm³/mol. The van der Waals surface area contributed by atoms with Crippen LogP contribution in [0.2, 0.25) is 0 Å². The average Bonchev–Trinajstić information content (AvgIpc) is 3.25. The van der Waals surface area contributed by atoms with Crippen molar-refractivity contribution in [2.75, 3.05) is 7.11 Å². The molecule has 7 atom stereocenters. The normalized spacial score (nSPS) is 34.6. The van der Waals surface area contributed by atoms with Crippen LogP contribution in [0, 0.1) is 6.92 Å². The van der Waals surface area contributed by atoms with Crippen LogP contribution in [0.4, 0.5) is 0 Å². The molecule has 202 valence electrons. The fourth-order valence-electron chi connectivity index (χ4n) is 6.43. The van der Waals surface area contributed by atoms with E-state index in [9.17, 15) is 30.0 Å². The quantitative estimate of drug-likeness (QED) is 0.345. The second-order valence-corrected chi connectivity index (χ2v) is 10.7. The number of aryl methyl sites for hydroxylation is 1. The van der Waals surface area contributed by atoms with Gasteiger partial charge >= 0.3 is 0 Å². The van der Waals surface area contributed by atoms with Crippen molar-refractivity contribution in [3.8, 4) is 22.6 Å². The number of hydrogen-bond acceptors (Lipinski definition) is 10. The monoisotopic (exact) mass is 528 g/mol. The first-order valence-corrected chi connectivity index (χ1v) is 12.6. The summed E-state index contributed by atoms with van der Waals surface area (Å²) in [4.78, 5) is 27.4. The number of methoxy groups -OCH3 is 1. The van der Waals surface area contributed by atoms with Crippen molar-refractivity contribution in [2.24, 2.45) is 0 Å². The van der Waals surface area contributed by atoms with Crippen LogP contribution in [-0.2, 0) is 26.4 Å². The molecule has 4 aliphatic rings. The van der Waals surface area contributed by atoms with Gasteiger partial charge in [0.1, 0.15) is 23.9 Å². The summed E-state index contributed by atoms with van der Waals surface area (Å²) in [5.41, 5.74) is -1.65. The van der Waals surface area contributed by atoms with Crippen LogP contribution in [0.3, 0.4) is 0 Å². The maximum atomic E-state index is 13.9. The molecule has 0 saturated carbocycles. The Labute approximate surface area is 217 Å². The Kier molecular flexibility index (Phi) is 5.37. The Morgan fingerprint density at radius 2 is 1.89 bits per heavy atom. The lowest BCUT2D eigenvalue weighted by Gasteiger charge is -2.44. The fraction of sp³-hybridized carbons (Fsp3) is 0.519. The summed E-state index contributed by atoms with van der Waals surface area (Å²) in [6.45, 7) is 6.96. The Bertz CT molecular complexity index is 1470. The zero-order chi connectivity index (χ0) is 27.5. The third-order valence-corrected chi connectivity index (χ3v) is 8.15. The average molecular weight is 529 g/mol. The van der Waals surface area contributed by atoms with E-state index in [0.29, 0.717) is 23.4 Å². The molecule has 3 aliphatic heterocycles. The van der Waals surface area contributed by atoms with Crippen LogP contribution in [-0.4, -0.2) is 63.7 Å². The second-order valence-electron chi connectivity index (χ2n) is 10.7. The number of aliphatic hydroxyl groups is 3. The molecule has 4 N–H and O–H groups in total. The van der Waals surface area contributed by atoms with E-state index in [1.807, 2.05) is 18.4 Å². The van der Waals surface area contributed by atoms with E-state index >= 15 is 0 Å². The first-order chi connectivity index (χ1) is 17.9. The van der Waals surface area contributed by atoms with Gasteiger partial charge in [0.15, 0.2) is 28.2 Å². The minimum atomic E-state index is -2.34. The molecule has 0 bridgehead atoms. The summed E-state index contributed by atoms with van der Waals surface area (Å²) in [5.74, 6) is -2.83. The molecule has 1 fully saturated rings. The molecule has 1 saturated heterocycles. The Balaban J connectivity index is 1.62. The fourth-order valence-corrected chi connectivity index (χ4v) is 6.43. The van der Waals surface area contributed by atoms with Gasteiger partial charge in [-0.05, 0) is 26.3 Å². The first kappa shape index (κ1) is 25.4. The van der Waals surface area contributed by atoms with Crippen LogP contribution >= 0.6 is 0 Å². The summed E-state index contributed by atoms with van der Waals surface area (Å²) >= 11 is 0. The number of nitrogens with zero attached hydrogens (tertiary/aromatic N) is 1. The summed E-state index contributed by atoms with van der Waals surface area (Å²) < 4.78 is 24.6. The van der Waals surface area contributed by atoms with Gasteiger partial charge in [0.2, 0.25) is 30.1 Å². The highest BCUT2D eigenvalue weighted by molar-refractivity contribution is 6.23. The van der Waals surface area contributed by atoms with Crippen LogP contribution in [0.25, 0.3) is 11.1 Å². The maximum absolute atomic E-state index is 13.9. The minimum Gasteiger partial charge on any atom is -0.504 e. The lowest BCUT2D eigenvalue weighted by Crippen LogP contribution is -2.63. The number of hydrogen-bond donors (Lipinski definition) is 4. The summed E-state index contributed by atoms with van der Waals surface area (Å²) in [7, 11) is 1.34. The van der Waals surface area contributed by atoms with Gasteiger partial charge in [0, 0.05) is 36.8 Å². The second kappa shape index (κ2) is 8.04. The third-order valence-electron chi connectivity index (χ3n) is 8.15. The van der Waals surface area contributed by atoms with Crippen LogP contribution < -0.4 is 14.7 Å². The van der Waals surface area contributed by atoms with Gasteiger partial charge in [0.05, 0.1) is 11.7 Å². The van der Waals surface area contributed by atoms with E-state index in [1.165, 1.54) is 7.11 Å². The van der Waals surface area contributed by atoms with Gasteiger partial charge in [-0.25, -0.2) is 0 Å². The lowest BCUT2D eigenvalue weighted by molar-refractivity contribution is -0.749. The van der Waals surface area contributed by atoms with Crippen molar-refractivity contribution in [3.05, 3.63) is 50.4 Å². The molecule has 0 spiro atoms. The number of carbonyl (C=O) groups excluding carboxylic acids is 1. The highest BCUT2D eigenvalue weighted by Crippen LogP contribution is 2.55. The van der Waals surface area contributed by atoms with Crippen molar-refractivity contribution in [1.29, 1.82) is 0 Å². The van der Waals surface area contributed by atoms with Gasteiger partial charge in [-0.15, -0.1) is 0 Å². The van der Waals surface area contributed by atoms with E-state index in [4.69, 9.17) is 18.9 Å².